The standard InChI is InChI=1S/C17H21O6P/c1-12(2)15(18)10-11-16(17(19)13(3)4)23-24(20,21)22-14-8-6-5-7-9-14/h5-9,16H,1,3,10-11H2,2,4H3,(H,20,21). The number of rotatable bonds is 10. The number of phosphoric acid groups is 1. The average molecular weight is 352 g/mol. The summed E-state index contributed by atoms with van der Waals surface area (Å²) in [5, 5.41) is 0. The number of phosphoric ester groups is 1. The van der Waals surface area contributed by atoms with E-state index in [9.17, 15) is 19.0 Å². The highest BCUT2D eigenvalue weighted by molar-refractivity contribution is 7.47. The van der Waals surface area contributed by atoms with Crippen LogP contribution in [0.25, 0.3) is 0 Å². The molecule has 130 valence electrons. The van der Waals surface area contributed by atoms with Gasteiger partial charge in [0.05, 0.1) is 0 Å². The Labute approximate surface area is 141 Å². The Balaban J connectivity index is 2.84. The quantitative estimate of drug-likeness (QED) is 0.511. The highest BCUT2D eigenvalue weighted by atomic mass is 31.2. The van der Waals surface area contributed by atoms with Gasteiger partial charge in [-0.3, -0.25) is 19.0 Å². The van der Waals surface area contributed by atoms with Gasteiger partial charge in [0.15, 0.2) is 11.6 Å². The highest BCUT2D eigenvalue weighted by Gasteiger charge is 2.32. The molecule has 6 nitrogen and oxygen atoms in total. The van der Waals surface area contributed by atoms with E-state index >= 15 is 0 Å². The van der Waals surface area contributed by atoms with Gasteiger partial charge >= 0.3 is 7.82 Å². The lowest BCUT2D eigenvalue weighted by Crippen LogP contribution is -2.25. The van der Waals surface area contributed by atoms with E-state index in [1.165, 1.54) is 19.1 Å². The van der Waals surface area contributed by atoms with Crippen molar-refractivity contribution in [2.75, 3.05) is 0 Å². The molecule has 1 N–H and O–H groups in total. The van der Waals surface area contributed by atoms with Crippen molar-refractivity contribution in [1.29, 1.82) is 0 Å². The summed E-state index contributed by atoms with van der Waals surface area (Å²) in [6.07, 6.45) is -1.41. The van der Waals surface area contributed by atoms with E-state index in [1.807, 2.05) is 0 Å². The second-order valence-electron chi connectivity index (χ2n) is 5.35. The van der Waals surface area contributed by atoms with Crippen molar-refractivity contribution in [3.05, 3.63) is 54.6 Å². The van der Waals surface area contributed by atoms with Crippen molar-refractivity contribution < 1.29 is 28.1 Å². The van der Waals surface area contributed by atoms with E-state index in [-0.39, 0.29) is 29.9 Å². The van der Waals surface area contributed by atoms with Crippen molar-refractivity contribution in [2.24, 2.45) is 0 Å². The molecule has 2 atom stereocenters. The van der Waals surface area contributed by atoms with Gasteiger partial charge < -0.3 is 4.52 Å². The molecule has 0 fully saturated rings. The van der Waals surface area contributed by atoms with Crippen LogP contribution in [0, 0.1) is 0 Å². The first-order chi connectivity index (χ1) is 11.1. The molecule has 0 saturated heterocycles. The van der Waals surface area contributed by atoms with E-state index in [0.717, 1.165) is 0 Å². The third kappa shape index (κ3) is 6.62. The van der Waals surface area contributed by atoms with E-state index in [1.54, 1.807) is 25.1 Å². The Morgan fingerprint density at radius 2 is 1.75 bits per heavy atom. The van der Waals surface area contributed by atoms with Crippen molar-refractivity contribution in [1.82, 2.24) is 0 Å². The zero-order chi connectivity index (χ0) is 18.3. The van der Waals surface area contributed by atoms with Crippen LogP contribution in [0.4, 0.5) is 0 Å². The molecule has 7 heteroatoms. The molecule has 0 aliphatic rings. The maximum absolute atomic E-state index is 12.1. The van der Waals surface area contributed by atoms with Crippen LogP contribution in [-0.2, 0) is 18.7 Å². The molecule has 2 unspecified atom stereocenters. The fraction of sp³-hybridized carbons (Fsp3) is 0.294. The molecular weight excluding hydrogens is 331 g/mol. The Morgan fingerprint density at radius 3 is 2.25 bits per heavy atom. The van der Waals surface area contributed by atoms with Crippen LogP contribution in [-0.4, -0.2) is 22.6 Å². The van der Waals surface area contributed by atoms with Crippen LogP contribution in [0.15, 0.2) is 54.6 Å². The number of hydrogen-bond acceptors (Lipinski definition) is 5. The molecular formula is C17H21O6P. The first-order valence-electron chi connectivity index (χ1n) is 7.26. The van der Waals surface area contributed by atoms with Gasteiger partial charge in [-0.2, -0.15) is 0 Å². The number of benzene rings is 1. The molecule has 0 spiro atoms. The predicted octanol–water partition coefficient (Wildman–Crippen LogP) is 3.62. The minimum absolute atomic E-state index is 0.0373. The minimum Gasteiger partial charge on any atom is -0.404 e. The number of Topliss-reactive ketones (excluding diaryl/α,β-unsaturated/α-hetero) is 2. The third-order valence-electron chi connectivity index (χ3n) is 3.05. The maximum atomic E-state index is 12.1. The fourth-order valence-electron chi connectivity index (χ4n) is 1.78. The number of ketones is 2. The number of hydrogen-bond donors (Lipinski definition) is 1. The molecule has 0 saturated carbocycles. The fourth-order valence-corrected chi connectivity index (χ4v) is 2.73. The molecule has 24 heavy (non-hydrogen) atoms. The summed E-state index contributed by atoms with van der Waals surface area (Å²) in [7, 11) is -4.54. The lowest BCUT2D eigenvalue weighted by Gasteiger charge is -2.20. The topological polar surface area (TPSA) is 89.9 Å². The summed E-state index contributed by atoms with van der Waals surface area (Å²) >= 11 is 0. The van der Waals surface area contributed by atoms with Gasteiger partial charge in [0.1, 0.15) is 11.9 Å². The summed E-state index contributed by atoms with van der Waals surface area (Å²) in [6.45, 7) is 10.0. The Kier molecular flexibility index (Phi) is 7.29. The minimum atomic E-state index is -4.54. The third-order valence-corrected chi connectivity index (χ3v) is 4.01. The van der Waals surface area contributed by atoms with Crippen molar-refractivity contribution in [3.63, 3.8) is 0 Å². The summed E-state index contributed by atoms with van der Waals surface area (Å²) in [5.74, 6) is -0.687. The molecule has 0 radical (unpaired) electrons. The van der Waals surface area contributed by atoms with Gasteiger partial charge in [0.25, 0.3) is 0 Å². The first-order valence-corrected chi connectivity index (χ1v) is 8.76. The highest BCUT2D eigenvalue weighted by Crippen LogP contribution is 2.45. The number of carbonyl (C=O) groups excluding carboxylic acids is 2. The predicted molar refractivity (Wildman–Crippen MR) is 90.6 cm³/mol. The maximum Gasteiger partial charge on any atom is 0.528 e. The summed E-state index contributed by atoms with van der Waals surface area (Å²) in [4.78, 5) is 33.6. The molecule has 1 rings (SSSR count). The Hall–Kier alpha value is -2.01. The van der Waals surface area contributed by atoms with Crippen LogP contribution >= 0.6 is 7.82 Å². The van der Waals surface area contributed by atoms with E-state index < -0.39 is 19.7 Å². The van der Waals surface area contributed by atoms with Gasteiger partial charge in [-0.15, -0.1) is 0 Å². The molecule has 0 bridgehead atoms. The molecule has 1 aromatic carbocycles. The monoisotopic (exact) mass is 352 g/mol. The second-order valence-corrected chi connectivity index (χ2v) is 6.68. The Morgan fingerprint density at radius 1 is 1.17 bits per heavy atom. The lowest BCUT2D eigenvalue weighted by atomic mass is 10.0. The molecule has 0 amide bonds. The molecule has 0 heterocycles. The van der Waals surface area contributed by atoms with Gasteiger partial charge in [-0.05, 0) is 43.5 Å². The van der Waals surface area contributed by atoms with Gasteiger partial charge in [-0.1, -0.05) is 31.4 Å². The van der Waals surface area contributed by atoms with Crippen molar-refractivity contribution in [3.8, 4) is 5.75 Å². The first kappa shape index (κ1) is 20.0. The summed E-state index contributed by atoms with van der Waals surface area (Å²) in [6, 6.07) is 7.92. The van der Waals surface area contributed by atoms with Gasteiger partial charge in [0, 0.05) is 6.42 Å². The second kappa shape index (κ2) is 8.73. The van der Waals surface area contributed by atoms with E-state index in [0.29, 0.717) is 5.57 Å². The van der Waals surface area contributed by atoms with Crippen LogP contribution in [0.3, 0.4) is 0 Å². The van der Waals surface area contributed by atoms with E-state index in [2.05, 4.69) is 13.2 Å². The summed E-state index contributed by atoms with van der Waals surface area (Å²) in [5.41, 5.74) is 0.492. The normalized spacial score (nSPS) is 14.3. The molecule has 0 aliphatic heterocycles. The van der Waals surface area contributed by atoms with Gasteiger partial charge in [-0.25, -0.2) is 4.57 Å². The summed E-state index contributed by atoms with van der Waals surface area (Å²) < 4.78 is 22.0. The van der Waals surface area contributed by atoms with E-state index in [4.69, 9.17) is 9.05 Å². The largest absolute Gasteiger partial charge is 0.528 e. The van der Waals surface area contributed by atoms with Crippen molar-refractivity contribution in [2.45, 2.75) is 32.8 Å². The average Bonchev–Trinajstić information content (AvgIpc) is 2.50. The Bertz CT molecular complexity index is 680. The van der Waals surface area contributed by atoms with Crippen LogP contribution in [0.5, 0.6) is 5.75 Å². The van der Waals surface area contributed by atoms with Gasteiger partial charge in [0.2, 0.25) is 0 Å². The van der Waals surface area contributed by atoms with Crippen LogP contribution in [0.1, 0.15) is 26.7 Å². The molecule has 0 aromatic heterocycles. The molecule has 1 aromatic rings. The number of para-hydroxylation sites is 1. The van der Waals surface area contributed by atoms with Crippen molar-refractivity contribution >= 4 is 19.4 Å². The van der Waals surface area contributed by atoms with Crippen LogP contribution < -0.4 is 4.52 Å². The zero-order valence-electron chi connectivity index (χ0n) is 13.7. The lowest BCUT2D eigenvalue weighted by molar-refractivity contribution is -0.123. The molecule has 0 aliphatic carbocycles. The SMILES string of the molecule is C=C(C)C(=O)CCC(OP(=O)(O)Oc1ccccc1)C(=O)C(=C)C. The van der Waals surface area contributed by atoms with Crippen LogP contribution in [0.2, 0.25) is 0 Å². The zero-order valence-corrected chi connectivity index (χ0v) is 14.6. The smallest absolute Gasteiger partial charge is 0.404 e. The number of carbonyl (C=O) groups is 2. The number of allylic oxidation sites excluding steroid dienone is 1.